The van der Waals surface area contributed by atoms with Gasteiger partial charge in [-0.05, 0) is 54.3 Å². The standard InChI is InChI=1S/C25H25NO3S/c1-3-23-21-10-5-4-9-20(21)22-11-6-7-12-24(22)26(23)15-8-16-30(28,29)19-13-14-25(27)18(2)17-19/h4-15,17,23,27H,3,16H2,1-2H3. The van der Waals surface area contributed by atoms with Crippen LogP contribution in [0.25, 0.3) is 11.1 Å². The molecule has 4 rings (SSSR count). The third-order valence-electron chi connectivity index (χ3n) is 5.62. The maximum Gasteiger partial charge on any atom is 0.181 e. The maximum absolute atomic E-state index is 12.8. The predicted molar refractivity (Wildman–Crippen MR) is 121 cm³/mol. The lowest BCUT2D eigenvalue weighted by Crippen LogP contribution is -2.27. The summed E-state index contributed by atoms with van der Waals surface area (Å²) in [6, 6.07) is 21.2. The second-order valence-corrected chi connectivity index (χ2v) is 9.58. The SMILES string of the molecule is CCC1c2ccccc2-c2ccccc2N1C=CCS(=O)(=O)c1ccc(O)c(C)c1. The van der Waals surface area contributed by atoms with Gasteiger partial charge in [-0.2, -0.15) is 0 Å². The van der Waals surface area contributed by atoms with Crippen LogP contribution in [0.2, 0.25) is 0 Å². The summed E-state index contributed by atoms with van der Waals surface area (Å²) in [5, 5.41) is 9.67. The van der Waals surface area contributed by atoms with Crippen LogP contribution in [0.1, 0.15) is 30.5 Å². The number of nitrogens with zero attached hydrogens (tertiary/aromatic N) is 1. The number of para-hydroxylation sites is 1. The number of hydrogen-bond acceptors (Lipinski definition) is 4. The number of phenols is 1. The molecule has 1 aliphatic heterocycles. The van der Waals surface area contributed by atoms with E-state index in [9.17, 15) is 13.5 Å². The molecule has 0 saturated carbocycles. The van der Waals surface area contributed by atoms with Crippen LogP contribution in [0.3, 0.4) is 0 Å². The zero-order valence-corrected chi connectivity index (χ0v) is 17.9. The molecule has 1 aliphatic rings. The highest BCUT2D eigenvalue weighted by Gasteiger charge is 2.28. The van der Waals surface area contributed by atoms with E-state index in [1.165, 1.54) is 29.3 Å². The van der Waals surface area contributed by atoms with Crippen molar-refractivity contribution < 1.29 is 13.5 Å². The van der Waals surface area contributed by atoms with Gasteiger partial charge >= 0.3 is 0 Å². The number of fused-ring (bicyclic) bond motifs is 3. The minimum Gasteiger partial charge on any atom is -0.508 e. The molecular formula is C25H25NO3S. The molecule has 1 heterocycles. The van der Waals surface area contributed by atoms with Crippen LogP contribution in [0.15, 0.2) is 83.9 Å². The molecule has 0 bridgehead atoms. The Kier molecular flexibility index (Phi) is 5.39. The topological polar surface area (TPSA) is 57.6 Å². The Bertz CT molecular complexity index is 1210. The van der Waals surface area contributed by atoms with Crippen LogP contribution >= 0.6 is 0 Å². The maximum atomic E-state index is 12.8. The second kappa shape index (κ2) is 8.00. The summed E-state index contributed by atoms with van der Waals surface area (Å²) in [5.41, 5.74) is 5.27. The minimum atomic E-state index is -3.49. The first-order chi connectivity index (χ1) is 14.4. The van der Waals surface area contributed by atoms with E-state index in [2.05, 4.69) is 48.2 Å². The zero-order chi connectivity index (χ0) is 21.3. The van der Waals surface area contributed by atoms with Gasteiger partial charge in [0.15, 0.2) is 9.84 Å². The van der Waals surface area contributed by atoms with Gasteiger partial charge in [-0.1, -0.05) is 55.5 Å². The van der Waals surface area contributed by atoms with Gasteiger partial charge in [0.05, 0.1) is 16.7 Å². The van der Waals surface area contributed by atoms with Gasteiger partial charge in [-0.15, -0.1) is 0 Å². The molecule has 5 heteroatoms. The normalized spacial score (nSPS) is 15.8. The second-order valence-electron chi connectivity index (χ2n) is 7.55. The van der Waals surface area contributed by atoms with Crippen LogP contribution in [-0.4, -0.2) is 19.3 Å². The molecule has 0 aliphatic carbocycles. The lowest BCUT2D eigenvalue weighted by Gasteiger charge is -2.37. The summed E-state index contributed by atoms with van der Waals surface area (Å²) in [7, 11) is -3.49. The summed E-state index contributed by atoms with van der Waals surface area (Å²) in [6.45, 7) is 3.84. The number of phenolic OH excluding ortho intramolecular Hbond substituents is 1. The molecule has 0 spiro atoms. The van der Waals surface area contributed by atoms with Gasteiger partial charge in [0.2, 0.25) is 0 Å². The molecule has 4 nitrogen and oxygen atoms in total. The Morgan fingerprint density at radius 2 is 1.70 bits per heavy atom. The zero-order valence-electron chi connectivity index (χ0n) is 17.1. The Labute approximate surface area is 178 Å². The van der Waals surface area contributed by atoms with Crippen molar-refractivity contribution in [2.45, 2.75) is 31.2 Å². The minimum absolute atomic E-state index is 0.0962. The van der Waals surface area contributed by atoms with E-state index in [1.807, 2.05) is 18.3 Å². The Morgan fingerprint density at radius 3 is 2.43 bits per heavy atom. The van der Waals surface area contributed by atoms with Crippen LogP contribution in [0.4, 0.5) is 5.69 Å². The molecule has 154 valence electrons. The fourth-order valence-corrected chi connectivity index (χ4v) is 5.24. The molecule has 1 atom stereocenters. The first-order valence-electron chi connectivity index (χ1n) is 10.1. The van der Waals surface area contributed by atoms with E-state index >= 15 is 0 Å². The van der Waals surface area contributed by atoms with Crippen molar-refractivity contribution in [1.82, 2.24) is 0 Å². The monoisotopic (exact) mass is 419 g/mol. The van der Waals surface area contributed by atoms with Gasteiger partial charge in [0.1, 0.15) is 5.75 Å². The highest BCUT2D eigenvalue weighted by molar-refractivity contribution is 7.91. The van der Waals surface area contributed by atoms with Gasteiger partial charge < -0.3 is 10.0 Å². The number of rotatable bonds is 5. The molecule has 3 aromatic rings. The molecule has 0 amide bonds. The highest BCUT2D eigenvalue weighted by Crippen LogP contribution is 2.45. The highest BCUT2D eigenvalue weighted by atomic mass is 32.2. The molecular weight excluding hydrogens is 394 g/mol. The Morgan fingerprint density at radius 1 is 1.00 bits per heavy atom. The van der Waals surface area contributed by atoms with Gasteiger partial charge in [-0.3, -0.25) is 0 Å². The first kappa shape index (κ1) is 20.2. The third-order valence-corrected chi connectivity index (χ3v) is 7.23. The lowest BCUT2D eigenvalue weighted by atomic mass is 9.87. The molecule has 0 saturated heterocycles. The van der Waals surface area contributed by atoms with Crippen molar-refractivity contribution in [3.8, 4) is 16.9 Å². The summed E-state index contributed by atoms with van der Waals surface area (Å²) in [5.74, 6) is -0.00704. The fourth-order valence-electron chi connectivity index (χ4n) is 4.08. The predicted octanol–water partition coefficient (Wildman–Crippen LogP) is 5.63. The van der Waals surface area contributed by atoms with Crippen LogP contribution in [0, 0.1) is 6.92 Å². The van der Waals surface area contributed by atoms with Crippen molar-refractivity contribution in [2.24, 2.45) is 0 Å². The van der Waals surface area contributed by atoms with Crippen molar-refractivity contribution in [1.29, 1.82) is 0 Å². The fraction of sp³-hybridized carbons (Fsp3) is 0.200. The summed E-state index contributed by atoms with van der Waals surface area (Å²) in [4.78, 5) is 2.40. The summed E-state index contributed by atoms with van der Waals surface area (Å²) < 4.78 is 25.6. The van der Waals surface area contributed by atoms with Gasteiger partial charge in [-0.25, -0.2) is 8.42 Å². The van der Waals surface area contributed by atoms with Crippen LogP contribution in [0.5, 0.6) is 5.75 Å². The van der Waals surface area contributed by atoms with Gasteiger partial charge in [0, 0.05) is 17.5 Å². The third kappa shape index (κ3) is 3.61. The van der Waals surface area contributed by atoms with E-state index < -0.39 is 9.84 Å². The van der Waals surface area contributed by atoms with E-state index in [0.717, 1.165) is 17.7 Å². The summed E-state index contributed by atoms with van der Waals surface area (Å²) >= 11 is 0. The largest absolute Gasteiger partial charge is 0.508 e. The number of aromatic hydroxyl groups is 1. The number of benzene rings is 3. The lowest BCUT2D eigenvalue weighted by molar-refractivity contribution is 0.470. The van der Waals surface area contributed by atoms with Crippen molar-refractivity contribution >= 4 is 15.5 Å². The van der Waals surface area contributed by atoms with E-state index in [0.29, 0.717) is 5.56 Å². The van der Waals surface area contributed by atoms with Crippen molar-refractivity contribution in [2.75, 3.05) is 10.7 Å². The molecule has 0 fully saturated rings. The first-order valence-corrected chi connectivity index (χ1v) is 11.7. The average Bonchev–Trinajstić information content (AvgIpc) is 2.75. The Balaban J connectivity index is 1.67. The number of aryl methyl sites for hydroxylation is 1. The average molecular weight is 420 g/mol. The van der Waals surface area contributed by atoms with Crippen molar-refractivity contribution in [3.05, 3.63) is 90.1 Å². The molecule has 30 heavy (non-hydrogen) atoms. The molecule has 3 aromatic carbocycles. The van der Waals surface area contributed by atoms with E-state index in [4.69, 9.17) is 0 Å². The van der Waals surface area contributed by atoms with Crippen LogP contribution in [-0.2, 0) is 9.84 Å². The van der Waals surface area contributed by atoms with E-state index in [-0.39, 0.29) is 22.4 Å². The van der Waals surface area contributed by atoms with Gasteiger partial charge in [0.25, 0.3) is 0 Å². The molecule has 1 unspecified atom stereocenters. The number of hydrogen-bond donors (Lipinski definition) is 1. The smallest absolute Gasteiger partial charge is 0.181 e. The quantitative estimate of drug-likeness (QED) is 0.583. The molecule has 1 N–H and O–H groups in total. The Hall–Kier alpha value is -3.05. The van der Waals surface area contributed by atoms with E-state index in [1.54, 1.807) is 13.0 Å². The van der Waals surface area contributed by atoms with Crippen molar-refractivity contribution in [3.63, 3.8) is 0 Å². The number of anilines is 1. The van der Waals surface area contributed by atoms with Crippen LogP contribution < -0.4 is 4.90 Å². The molecule has 0 aromatic heterocycles. The number of sulfone groups is 1. The molecule has 0 radical (unpaired) electrons. The summed E-state index contributed by atoms with van der Waals surface area (Å²) in [6.07, 6.45) is 4.51.